The summed E-state index contributed by atoms with van der Waals surface area (Å²) in [5.41, 5.74) is 5.71. The van der Waals surface area contributed by atoms with E-state index >= 15 is 0 Å². The maximum absolute atomic E-state index is 3.64. The van der Waals surface area contributed by atoms with Gasteiger partial charge in [-0.05, 0) is 61.9 Å². The number of rotatable bonds is 5. The van der Waals surface area contributed by atoms with E-state index in [0.29, 0.717) is 0 Å². The Bertz CT molecular complexity index is 402. The van der Waals surface area contributed by atoms with Crippen molar-refractivity contribution in [3.63, 3.8) is 0 Å². The number of hydrogen-bond donors (Lipinski definition) is 1. The second-order valence-corrected chi connectivity index (χ2v) is 6.33. The van der Waals surface area contributed by atoms with E-state index in [2.05, 4.69) is 38.2 Å². The van der Waals surface area contributed by atoms with Gasteiger partial charge in [0.05, 0.1) is 0 Å². The zero-order valence-corrected chi connectivity index (χ0v) is 12.9. The summed E-state index contributed by atoms with van der Waals surface area (Å²) in [7, 11) is 0. The van der Waals surface area contributed by atoms with Crippen molar-refractivity contribution in [2.45, 2.75) is 65.8 Å². The summed E-state index contributed by atoms with van der Waals surface area (Å²) in [5, 5.41) is 3.64. The highest BCUT2D eigenvalue weighted by atomic mass is 14.8. The van der Waals surface area contributed by atoms with Crippen LogP contribution in [-0.2, 0) is 6.54 Å². The van der Waals surface area contributed by atoms with Crippen LogP contribution in [0.2, 0.25) is 0 Å². The second kappa shape index (κ2) is 7.09. The van der Waals surface area contributed by atoms with E-state index < -0.39 is 0 Å². The van der Waals surface area contributed by atoms with Crippen LogP contribution in [0.1, 0.15) is 60.8 Å². The van der Waals surface area contributed by atoms with Crippen LogP contribution in [-0.4, -0.2) is 6.54 Å². The minimum absolute atomic E-state index is 0.988. The van der Waals surface area contributed by atoms with Gasteiger partial charge in [0.15, 0.2) is 0 Å². The zero-order chi connectivity index (χ0) is 13.7. The molecule has 1 aromatic carbocycles. The molecule has 1 nitrogen and oxygen atoms in total. The SMILES string of the molecule is Cc1cc(C)c(CNCCC2CCCCC2)cc1C. The summed E-state index contributed by atoms with van der Waals surface area (Å²) >= 11 is 0. The summed E-state index contributed by atoms with van der Waals surface area (Å²) in [4.78, 5) is 0. The predicted molar refractivity (Wildman–Crippen MR) is 83.6 cm³/mol. The van der Waals surface area contributed by atoms with E-state index in [1.54, 1.807) is 0 Å². The van der Waals surface area contributed by atoms with Crippen molar-refractivity contribution in [2.75, 3.05) is 6.54 Å². The molecule has 0 spiro atoms. The lowest BCUT2D eigenvalue weighted by Gasteiger charge is -2.21. The van der Waals surface area contributed by atoms with Gasteiger partial charge in [-0.15, -0.1) is 0 Å². The molecule has 1 N–H and O–H groups in total. The van der Waals surface area contributed by atoms with E-state index in [1.807, 2.05) is 0 Å². The lowest BCUT2D eigenvalue weighted by molar-refractivity contribution is 0.334. The lowest BCUT2D eigenvalue weighted by atomic mass is 9.87. The molecule has 0 bridgehead atoms. The number of benzene rings is 1. The molecule has 0 amide bonds. The quantitative estimate of drug-likeness (QED) is 0.758. The van der Waals surface area contributed by atoms with E-state index in [4.69, 9.17) is 0 Å². The summed E-state index contributed by atoms with van der Waals surface area (Å²) in [6.07, 6.45) is 8.67. The highest BCUT2D eigenvalue weighted by Gasteiger charge is 2.12. The van der Waals surface area contributed by atoms with Crippen molar-refractivity contribution in [2.24, 2.45) is 5.92 Å². The van der Waals surface area contributed by atoms with Gasteiger partial charge in [0.2, 0.25) is 0 Å². The van der Waals surface area contributed by atoms with Gasteiger partial charge in [0, 0.05) is 6.54 Å². The summed E-state index contributed by atoms with van der Waals surface area (Å²) in [6, 6.07) is 4.66. The number of aryl methyl sites for hydroxylation is 3. The third kappa shape index (κ3) is 4.35. The minimum Gasteiger partial charge on any atom is -0.313 e. The van der Waals surface area contributed by atoms with Crippen molar-refractivity contribution in [3.05, 3.63) is 34.4 Å². The Kier molecular flexibility index (Phi) is 5.45. The zero-order valence-electron chi connectivity index (χ0n) is 12.9. The highest BCUT2D eigenvalue weighted by molar-refractivity contribution is 5.36. The molecule has 1 saturated carbocycles. The minimum atomic E-state index is 0.988. The molecule has 1 aliphatic carbocycles. The number of nitrogens with one attached hydrogen (secondary N) is 1. The van der Waals surface area contributed by atoms with Crippen molar-refractivity contribution < 1.29 is 0 Å². The first-order chi connectivity index (χ1) is 9.16. The Hall–Kier alpha value is -0.820. The molecule has 0 saturated heterocycles. The first kappa shape index (κ1) is 14.6. The smallest absolute Gasteiger partial charge is 0.0208 e. The molecule has 19 heavy (non-hydrogen) atoms. The van der Waals surface area contributed by atoms with E-state index in [9.17, 15) is 0 Å². The molecular formula is C18H29N. The maximum Gasteiger partial charge on any atom is 0.0208 e. The molecule has 0 heterocycles. The summed E-state index contributed by atoms with van der Waals surface area (Å²) < 4.78 is 0. The Morgan fingerprint density at radius 1 is 0.947 bits per heavy atom. The maximum atomic E-state index is 3.64. The first-order valence-electron chi connectivity index (χ1n) is 7.94. The molecule has 1 heteroatoms. The molecular weight excluding hydrogens is 230 g/mol. The van der Waals surface area contributed by atoms with Crippen LogP contribution in [0.5, 0.6) is 0 Å². The Balaban J connectivity index is 1.74. The fraction of sp³-hybridized carbons (Fsp3) is 0.667. The van der Waals surface area contributed by atoms with Gasteiger partial charge in [-0.2, -0.15) is 0 Å². The van der Waals surface area contributed by atoms with Gasteiger partial charge in [0.1, 0.15) is 0 Å². The van der Waals surface area contributed by atoms with Crippen LogP contribution >= 0.6 is 0 Å². The highest BCUT2D eigenvalue weighted by Crippen LogP contribution is 2.25. The molecule has 1 aliphatic rings. The van der Waals surface area contributed by atoms with Gasteiger partial charge in [-0.1, -0.05) is 44.2 Å². The molecule has 0 atom stereocenters. The van der Waals surface area contributed by atoms with Gasteiger partial charge < -0.3 is 5.32 Å². The average molecular weight is 259 g/mol. The molecule has 1 fully saturated rings. The van der Waals surface area contributed by atoms with Crippen molar-refractivity contribution >= 4 is 0 Å². The number of hydrogen-bond acceptors (Lipinski definition) is 1. The van der Waals surface area contributed by atoms with Crippen LogP contribution in [0.25, 0.3) is 0 Å². The van der Waals surface area contributed by atoms with Crippen LogP contribution < -0.4 is 5.32 Å². The largest absolute Gasteiger partial charge is 0.313 e. The second-order valence-electron chi connectivity index (χ2n) is 6.33. The third-order valence-electron chi connectivity index (χ3n) is 4.72. The van der Waals surface area contributed by atoms with Crippen LogP contribution in [0.15, 0.2) is 12.1 Å². The molecule has 2 rings (SSSR count). The summed E-state index contributed by atoms with van der Waals surface area (Å²) in [5.74, 6) is 0.988. The van der Waals surface area contributed by atoms with Crippen molar-refractivity contribution in [1.82, 2.24) is 5.32 Å². The lowest BCUT2D eigenvalue weighted by Crippen LogP contribution is -2.19. The molecule has 0 radical (unpaired) electrons. The van der Waals surface area contributed by atoms with Gasteiger partial charge in [0.25, 0.3) is 0 Å². The molecule has 0 aromatic heterocycles. The van der Waals surface area contributed by atoms with Crippen LogP contribution in [0.3, 0.4) is 0 Å². The van der Waals surface area contributed by atoms with Crippen molar-refractivity contribution in [1.29, 1.82) is 0 Å². The van der Waals surface area contributed by atoms with Gasteiger partial charge in [-0.3, -0.25) is 0 Å². The first-order valence-corrected chi connectivity index (χ1v) is 7.94. The van der Waals surface area contributed by atoms with E-state index in [-0.39, 0.29) is 0 Å². The predicted octanol–water partition coefficient (Wildman–Crippen LogP) is 4.67. The van der Waals surface area contributed by atoms with Crippen LogP contribution in [0, 0.1) is 26.7 Å². The topological polar surface area (TPSA) is 12.0 Å². The Morgan fingerprint density at radius 3 is 2.37 bits per heavy atom. The van der Waals surface area contributed by atoms with Gasteiger partial charge in [-0.25, -0.2) is 0 Å². The van der Waals surface area contributed by atoms with E-state index in [1.165, 1.54) is 67.3 Å². The Labute approximate surface area is 118 Å². The average Bonchev–Trinajstić information content (AvgIpc) is 2.41. The standard InChI is InChI=1S/C18H29N/c1-14-11-16(3)18(12-15(14)2)13-19-10-9-17-7-5-4-6-8-17/h11-12,17,19H,4-10,13H2,1-3H3. The Morgan fingerprint density at radius 2 is 1.63 bits per heavy atom. The van der Waals surface area contributed by atoms with Crippen LogP contribution in [0.4, 0.5) is 0 Å². The van der Waals surface area contributed by atoms with Gasteiger partial charge >= 0.3 is 0 Å². The fourth-order valence-corrected chi connectivity index (χ4v) is 3.22. The normalized spacial score (nSPS) is 16.8. The fourth-order valence-electron chi connectivity index (χ4n) is 3.22. The molecule has 1 aromatic rings. The van der Waals surface area contributed by atoms with Crippen molar-refractivity contribution in [3.8, 4) is 0 Å². The summed E-state index contributed by atoms with van der Waals surface area (Å²) in [6.45, 7) is 8.84. The third-order valence-corrected chi connectivity index (χ3v) is 4.72. The molecule has 106 valence electrons. The molecule has 0 aliphatic heterocycles. The monoisotopic (exact) mass is 259 g/mol. The molecule has 0 unspecified atom stereocenters. The van der Waals surface area contributed by atoms with E-state index in [0.717, 1.165) is 12.5 Å².